The lowest BCUT2D eigenvalue weighted by molar-refractivity contribution is 0.0765. The molecule has 6 nitrogen and oxygen atoms in total. The van der Waals surface area contributed by atoms with Gasteiger partial charge < -0.3 is 10.2 Å². The highest BCUT2D eigenvalue weighted by atomic mass is 32.2. The van der Waals surface area contributed by atoms with Gasteiger partial charge >= 0.3 is 0 Å². The first-order valence-corrected chi connectivity index (χ1v) is 7.89. The van der Waals surface area contributed by atoms with Crippen molar-refractivity contribution >= 4 is 22.5 Å². The summed E-state index contributed by atoms with van der Waals surface area (Å²) < 4.78 is 11.2. The first kappa shape index (κ1) is 13.9. The summed E-state index contributed by atoms with van der Waals surface area (Å²) in [7, 11) is -0.781. The van der Waals surface area contributed by atoms with E-state index in [4.69, 9.17) is 0 Å². The van der Waals surface area contributed by atoms with Gasteiger partial charge in [-0.25, -0.2) is 9.97 Å². The summed E-state index contributed by atoms with van der Waals surface area (Å²) in [5, 5.41) is 3.11. The summed E-state index contributed by atoms with van der Waals surface area (Å²) in [5.41, 5.74) is 0.342. The van der Waals surface area contributed by atoms with E-state index in [0.29, 0.717) is 36.1 Å². The van der Waals surface area contributed by atoms with Crippen LogP contribution in [0.3, 0.4) is 0 Å². The van der Waals surface area contributed by atoms with E-state index >= 15 is 0 Å². The van der Waals surface area contributed by atoms with Gasteiger partial charge in [0.25, 0.3) is 5.91 Å². The molecule has 0 bridgehead atoms. The number of amides is 1. The number of hydrogen-bond acceptors (Lipinski definition) is 5. The molecule has 1 saturated heterocycles. The molecule has 19 heavy (non-hydrogen) atoms. The van der Waals surface area contributed by atoms with Crippen LogP contribution in [0.2, 0.25) is 0 Å². The number of nitrogens with zero attached hydrogens (tertiary/aromatic N) is 3. The van der Waals surface area contributed by atoms with Crippen LogP contribution in [0.15, 0.2) is 12.4 Å². The third-order valence-corrected chi connectivity index (χ3v) is 4.17. The van der Waals surface area contributed by atoms with Crippen molar-refractivity contribution in [3.63, 3.8) is 0 Å². The van der Waals surface area contributed by atoms with Crippen LogP contribution in [0.5, 0.6) is 0 Å². The molecular formula is C12H18N4O2S. The van der Waals surface area contributed by atoms with E-state index in [1.54, 1.807) is 11.1 Å². The zero-order valence-electron chi connectivity index (χ0n) is 11.0. The Hall–Kier alpha value is -1.50. The predicted octanol–water partition coefficient (Wildman–Crippen LogP) is 0.503. The van der Waals surface area contributed by atoms with Gasteiger partial charge in [0.1, 0.15) is 11.5 Å². The van der Waals surface area contributed by atoms with E-state index in [1.165, 1.54) is 6.20 Å². The summed E-state index contributed by atoms with van der Waals surface area (Å²) in [6.07, 6.45) is 4.07. The second-order valence-corrected chi connectivity index (χ2v) is 6.05. The van der Waals surface area contributed by atoms with Crippen LogP contribution in [0.1, 0.15) is 23.8 Å². The molecular weight excluding hydrogens is 264 g/mol. The van der Waals surface area contributed by atoms with Crippen molar-refractivity contribution in [2.24, 2.45) is 0 Å². The molecule has 2 rings (SSSR count). The molecule has 1 aliphatic rings. The van der Waals surface area contributed by atoms with E-state index in [2.05, 4.69) is 22.2 Å². The van der Waals surface area contributed by atoms with Gasteiger partial charge in [-0.1, -0.05) is 6.92 Å². The van der Waals surface area contributed by atoms with Gasteiger partial charge in [-0.3, -0.25) is 9.00 Å². The fourth-order valence-electron chi connectivity index (χ4n) is 1.79. The number of anilines is 1. The van der Waals surface area contributed by atoms with Crippen molar-refractivity contribution in [1.82, 2.24) is 14.9 Å². The minimum atomic E-state index is -0.781. The average Bonchev–Trinajstić information content (AvgIpc) is 2.46. The molecule has 1 aromatic heterocycles. The number of aromatic nitrogens is 2. The van der Waals surface area contributed by atoms with Crippen LogP contribution in [0.4, 0.5) is 5.82 Å². The third-order valence-electron chi connectivity index (χ3n) is 2.89. The van der Waals surface area contributed by atoms with E-state index in [1.807, 2.05) is 0 Å². The summed E-state index contributed by atoms with van der Waals surface area (Å²) in [4.78, 5) is 22.1. The number of rotatable bonds is 4. The zero-order chi connectivity index (χ0) is 13.7. The zero-order valence-corrected chi connectivity index (χ0v) is 11.8. The average molecular weight is 282 g/mol. The lowest BCUT2D eigenvalue weighted by Gasteiger charge is -2.25. The molecule has 2 heterocycles. The molecule has 0 unspecified atom stereocenters. The summed E-state index contributed by atoms with van der Waals surface area (Å²) in [6.45, 7) is 3.96. The Morgan fingerprint density at radius 2 is 2.11 bits per heavy atom. The highest BCUT2D eigenvalue weighted by molar-refractivity contribution is 7.85. The van der Waals surface area contributed by atoms with Crippen LogP contribution in [-0.4, -0.2) is 56.1 Å². The van der Waals surface area contributed by atoms with E-state index < -0.39 is 10.8 Å². The fourth-order valence-corrected chi connectivity index (χ4v) is 2.84. The van der Waals surface area contributed by atoms with Crippen LogP contribution >= 0.6 is 0 Å². The Morgan fingerprint density at radius 3 is 2.68 bits per heavy atom. The molecule has 0 aromatic carbocycles. The van der Waals surface area contributed by atoms with Gasteiger partial charge in [-0.05, 0) is 6.42 Å². The lowest BCUT2D eigenvalue weighted by Crippen LogP contribution is -2.42. The van der Waals surface area contributed by atoms with Crippen LogP contribution in [0.25, 0.3) is 0 Å². The smallest absolute Gasteiger partial charge is 0.274 e. The standard InChI is InChI=1S/C12H18N4O2S/c1-2-3-13-11-9-14-10(8-15-11)12(17)16-4-6-19(18)7-5-16/h8-9H,2-7H2,1H3,(H,13,15). The Labute approximate surface area is 115 Å². The van der Waals surface area contributed by atoms with Gasteiger partial charge in [-0.15, -0.1) is 0 Å². The quantitative estimate of drug-likeness (QED) is 0.870. The number of carbonyl (C=O) groups is 1. The van der Waals surface area contributed by atoms with Crippen molar-refractivity contribution < 1.29 is 9.00 Å². The SMILES string of the molecule is CCCNc1cnc(C(=O)N2CCS(=O)CC2)cn1. The molecule has 1 fully saturated rings. The molecule has 104 valence electrons. The monoisotopic (exact) mass is 282 g/mol. The van der Waals surface area contributed by atoms with Crippen LogP contribution in [-0.2, 0) is 10.8 Å². The van der Waals surface area contributed by atoms with Gasteiger partial charge in [0, 0.05) is 41.9 Å². The maximum atomic E-state index is 12.1. The summed E-state index contributed by atoms with van der Waals surface area (Å²) >= 11 is 0. The molecule has 1 N–H and O–H groups in total. The predicted molar refractivity (Wildman–Crippen MR) is 74.6 cm³/mol. The second-order valence-electron chi connectivity index (χ2n) is 4.35. The van der Waals surface area contributed by atoms with Crippen molar-refractivity contribution in [2.75, 3.05) is 36.5 Å². The Morgan fingerprint density at radius 1 is 1.37 bits per heavy atom. The van der Waals surface area contributed by atoms with Gasteiger partial charge in [0.15, 0.2) is 0 Å². The maximum absolute atomic E-state index is 12.1. The minimum Gasteiger partial charge on any atom is -0.369 e. The number of carbonyl (C=O) groups excluding carboxylic acids is 1. The highest BCUT2D eigenvalue weighted by Crippen LogP contribution is 2.07. The molecule has 0 saturated carbocycles. The Bertz CT molecular complexity index is 453. The van der Waals surface area contributed by atoms with Crippen molar-refractivity contribution in [3.8, 4) is 0 Å². The second kappa shape index (κ2) is 6.60. The molecule has 1 aliphatic heterocycles. The normalized spacial score (nSPS) is 16.4. The molecule has 7 heteroatoms. The lowest BCUT2D eigenvalue weighted by atomic mass is 10.3. The van der Waals surface area contributed by atoms with Crippen molar-refractivity contribution in [1.29, 1.82) is 0 Å². The summed E-state index contributed by atoms with van der Waals surface area (Å²) in [5.74, 6) is 1.65. The van der Waals surface area contributed by atoms with E-state index in [0.717, 1.165) is 13.0 Å². The number of hydrogen-bond donors (Lipinski definition) is 1. The minimum absolute atomic E-state index is 0.133. The van der Waals surface area contributed by atoms with Gasteiger partial charge in [0.2, 0.25) is 0 Å². The first-order valence-electron chi connectivity index (χ1n) is 6.41. The van der Waals surface area contributed by atoms with Crippen molar-refractivity contribution in [2.45, 2.75) is 13.3 Å². The largest absolute Gasteiger partial charge is 0.369 e. The third kappa shape index (κ3) is 3.73. The fraction of sp³-hybridized carbons (Fsp3) is 0.583. The molecule has 1 aromatic rings. The molecule has 0 spiro atoms. The van der Waals surface area contributed by atoms with Gasteiger partial charge in [-0.2, -0.15) is 0 Å². The van der Waals surface area contributed by atoms with Crippen LogP contribution in [0, 0.1) is 0 Å². The van der Waals surface area contributed by atoms with E-state index in [9.17, 15) is 9.00 Å². The molecule has 0 atom stereocenters. The molecule has 0 aliphatic carbocycles. The van der Waals surface area contributed by atoms with Crippen LogP contribution < -0.4 is 5.32 Å². The molecule has 0 radical (unpaired) electrons. The topological polar surface area (TPSA) is 75.2 Å². The molecule has 1 amide bonds. The maximum Gasteiger partial charge on any atom is 0.274 e. The van der Waals surface area contributed by atoms with E-state index in [-0.39, 0.29) is 5.91 Å². The highest BCUT2D eigenvalue weighted by Gasteiger charge is 2.22. The van der Waals surface area contributed by atoms with Gasteiger partial charge in [0.05, 0.1) is 12.4 Å². The first-order chi connectivity index (χ1) is 9.20. The Balaban J connectivity index is 1.97. The van der Waals surface area contributed by atoms with Crippen molar-refractivity contribution in [3.05, 3.63) is 18.1 Å². The number of nitrogens with one attached hydrogen (secondary N) is 1. The Kier molecular flexibility index (Phi) is 4.84. The summed E-state index contributed by atoms with van der Waals surface area (Å²) in [6, 6.07) is 0.